The van der Waals surface area contributed by atoms with Crippen molar-refractivity contribution in [1.82, 2.24) is 4.90 Å². The number of aromatic hydroxyl groups is 1. The molecule has 1 heterocycles. The third-order valence-electron chi connectivity index (χ3n) is 3.76. The number of sulfone groups is 1. The summed E-state index contributed by atoms with van der Waals surface area (Å²) in [4.78, 5) is 25.5. The minimum absolute atomic E-state index is 0.0215. The SMILES string of the molecule is CCN(C(=O)COC(=O)c1ccccc1O)[C@@H]1CCS(=O)(=O)C1. The predicted molar refractivity (Wildman–Crippen MR) is 82.8 cm³/mol. The van der Waals surface area contributed by atoms with Crippen LogP contribution >= 0.6 is 0 Å². The molecule has 0 radical (unpaired) electrons. The second kappa shape index (κ2) is 6.99. The maximum Gasteiger partial charge on any atom is 0.342 e. The summed E-state index contributed by atoms with van der Waals surface area (Å²) in [5.41, 5.74) is -0.0215. The summed E-state index contributed by atoms with van der Waals surface area (Å²) in [6, 6.07) is 5.50. The van der Waals surface area contributed by atoms with Crippen LogP contribution in [0.2, 0.25) is 0 Å². The predicted octanol–water partition coefficient (Wildman–Crippen LogP) is 0.585. The molecule has 1 aromatic carbocycles. The van der Waals surface area contributed by atoms with Crippen LogP contribution < -0.4 is 0 Å². The van der Waals surface area contributed by atoms with E-state index in [1.165, 1.54) is 17.0 Å². The molecular formula is C15H19NO6S. The van der Waals surface area contributed by atoms with Crippen LogP contribution in [-0.4, -0.2) is 61.0 Å². The topological polar surface area (TPSA) is 101 Å². The summed E-state index contributed by atoms with van der Waals surface area (Å²) >= 11 is 0. The van der Waals surface area contributed by atoms with Gasteiger partial charge in [-0.05, 0) is 25.5 Å². The van der Waals surface area contributed by atoms with Crippen molar-refractivity contribution in [1.29, 1.82) is 0 Å². The van der Waals surface area contributed by atoms with Gasteiger partial charge in [-0.2, -0.15) is 0 Å². The van der Waals surface area contributed by atoms with Gasteiger partial charge in [0.1, 0.15) is 11.3 Å². The van der Waals surface area contributed by atoms with Crippen LogP contribution in [0.15, 0.2) is 24.3 Å². The third-order valence-corrected chi connectivity index (χ3v) is 5.51. The number of carbonyl (C=O) groups is 2. The van der Waals surface area contributed by atoms with Gasteiger partial charge in [0, 0.05) is 12.6 Å². The zero-order valence-electron chi connectivity index (χ0n) is 12.8. The number of hydrogen-bond acceptors (Lipinski definition) is 6. The Hall–Kier alpha value is -2.09. The molecule has 1 aliphatic rings. The van der Waals surface area contributed by atoms with Gasteiger partial charge in [0.15, 0.2) is 16.4 Å². The van der Waals surface area contributed by atoms with E-state index >= 15 is 0 Å². The maximum atomic E-state index is 12.2. The highest BCUT2D eigenvalue weighted by Crippen LogP contribution is 2.19. The van der Waals surface area contributed by atoms with E-state index < -0.39 is 28.3 Å². The molecule has 1 fully saturated rings. The van der Waals surface area contributed by atoms with Crippen LogP contribution in [-0.2, 0) is 19.4 Å². The molecule has 1 aromatic rings. The molecule has 7 nitrogen and oxygen atoms in total. The highest BCUT2D eigenvalue weighted by molar-refractivity contribution is 7.91. The molecule has 0 saturated carbocycles. The fourth-order valence-corrected chi connectivity index (χ4v) is 4.32. The van der Waals surface area contributed by atoms with Gasteiger partial charge in [-0.1, -0.05) is 12.1 Å². The number of rotatable bonds is 5. The number of amides is 1. The Morgan fingerprint density at radius 1 is 1.35 bits per heavy atom. The molecule has 1 N–H and O–H groups in total. The van der Waals surface area contributed by atoms with E-state index in [2.05, 4.69) is 0 Å². The molecule has 1 saturated heterocycles. The summed E-state index contributed by atoms with van der Waals surface area (Å²) in [6.07, 6.45) is 0.398. The summed E-state index contributed by atoms with van der Waals surface area (Å²) < 4.78 is 28.0. The van der Waals surface area contributed by atoms with E-state index in [-0.39, 0.29) is 28.9 Å². The Kier molecular flexibility index (Phi) is 5.25. The van der Waals surface area contributed by atoms with Crippen molar-refractivity contribution in [3.05, 3.63) is 29.8 Å². The highest BCUT2D eigenvalue weighted by atomic mass is 32.2. The van der Waals surface area contributed by atoms with Crippen LogP contribution in [0.25, 0.3) is 0 Å². The quantitative estimate of drug-likeness (QED) is 0.787. The molecule has 0 unspecified atom stereocenters. The van der Waals surface area contributed by atoms with E-state index in [1.807, 2.05) is 0 Å². The van der Waals surface area contributed by atoms with Gasteiger partial charge >= 0.3 is 5.97 Å². The first-order valence-electron chi connectivity index (χ1n) is 7.29. The number of para-hydroxylation sites is 1. The van der Waals surface area contributed by atoms with Crippen molar-refractivity contribution < 1.29 is 27.9 Å². The standard InChI is InChI=1S/C15H19NO6S/c1-2-16(11-7-8-23(20,21)10-11)14(18)9-22-15(19)12-5-3-4-6-13(12)17/h3-6,11,17H,2,7-10H2,1H3/t11-/m1/s1. The second-order valence-corrected chi connectivity index (χ2v) is 7.56. The molecule has 0 bridgehead atoms. The van der Waals surface area contributed by atoms with Gasteiger partial charge in [0.05, 0.1) is 11.5 Å². The minimum atomic E-state index is -3.10. The fourth-order valence-electron chi connectivity index (χ4n) is 2.59. The van der Waals surface area contributed by atoms with E-state index in [9.17, 15) is 23.1 Å². The van der Waals surface area contributed by atoms with Crippen molar-refractivity contribution in [2.24, 2.45) is 0 Å². The number of carbonyl (C=O) groups excluding carboxylic acids is 2. The Labute approximate surface area is 134 Å². The highest BCUT2D eigenvalue weighted by Gasteiger charge is 2.34. The molecule has 23 heavy (non-hydrogen) atoms. The van der Waals surface area contributed by atoms with Crippen molar-refractivity contribution in [2.45, 2.75) is 19.4 Å². The molecule has 1 aliphatic heterocycles. The average molecular weight is 341 g/mol. The normalized spacial score (nSPS) is 19.3. The lowest BCUT2D eigenvalue weighted by molar-refractivity contribution is -0.136. The first kappa shape index (κ1) is 17.3. The summed E-state index contributed by atoms with van der Waals surface area (Å²) in [6.45, 7) is 1.60. The molecule has 1 amide bonds. The van der Waals surface area contributed by atoms with Gasteiger partial charge in [0.25, 0.3) is 5.91 Å². The van der Waals surface area contributed by atoms with Crippen molar-refractivity contribution in [3.8, 4) is 5.75 Å². The molecule has 0 aromatic heterocycles. The Bertz CT molecular complexity index is 700. The first-order valence-corrected chi connectivity index (χ1v) is 9.11. The number of phenolic OH excluding ortho intramolecular Hbond substituents is 1. The van der Waals surface area contributed by atoms with E-state index in [1.54, 1.807) is 19.1 Å². The summed E-state index contributed by atoms with van der Waals surface area (Å²) in [7, 11) is -3.10. The molecular weight excluding hydrogens is 322 g/mol. The molecule has 0 spiro atoms. The van der Waals surface area contributed by atoms with Gasteiger partial charge in [-0.15, -0.1) is 0 Å². The molecule has 1 atom stereocenters. The minimum Gasteiger partial charge on any atom is -0.507 e. The number of hydrogen-bond donors (Lipinski definition) is 1. The Morgan fingerprint density at radius 2 is 2.04 bits per heavy atom. The van der Waals surface area contributed by atoms with Crippen molar-refractivity contribution in [3.63, 3.8) is 0 Å². The molecule has 2 rings (SSSR count). The number of likely N-dealkylation sites (N-methyl/N-ethyl adjacent to an activating group) is 1. The second-order valence-electron chi connectivity index (χ2n) is 5.33. The number of benzene rings is 1. The number of nitrogens with zero attached hydrogens (tertiary/aromatic N) is 1. The van der Waals surface area contributed by atoms with Crippen LogP contribution in [0, 0.1) is 0 Å². The lowest BCUT2D eigenvalue weighted by atomic mass is 10.2. The lowest BCUT2D eigenvalue weighted by Gasteiger charge is -2.26. The van der Waals surface area contributed by atoms with Crippen molar-refractivity contribution >= 4 is 21.7 Å². The number of esters is 1. The third kappa shape index (κ3) is 4.22. The monoisotopic (exact) mass is 341 g/mol. The van der Waals surface area contributed by atoms with E-state index in [0.29, 0.717) is 13.0 Å². The van der Waals surface area contributed by atoms with Gasteiger partial charge in [0.2, 0.25) is 0 Å². The molecule has 8 heteroatoms. The largest absolute Gasteiger partial charge is 0.507 e. The van der Waals surface area contributed by atoms with Crippen LogP contribution in [0.5, 0.6) is 5.75 Å². The maximum absolute atomic E-state index is 12.2. The zero-order chi connectivity index (χ0) is 17.0. The molecule has 0 aliphatic carbocycles. The smallest absolute Gasteiger partial charge is 0.342 e. The zero-order valence-corrected chi connectivity index (χ0v) is 13.6. The van der Waals surface area contributed by atoms with Crippen molar-refractivity contribution in [2.75, 3.05) is 24.7 Å². The summed E-state index contributed by atoms with van der Waals surface area (Å²) in [5, 5.41) is 9.57. The lowest BCUT2D eigenvalue weighted by Crippen LogP contribution is -2.43. The van der Waals surface area contributed by atoms with Crippen LogP contribution in [0.1, 0.15) is 23.7 Å². The Morgan fingerprint density at radius 3 is 2.61 bits per heavy atom. The van der Waals surface area contributed by atoms with E-state index in [0.717, 1.165) is 0 Å². The van der Waals surface area contributed by atoms with Crippen LogP contribution in [0.3, 0.4) is 0 Å². The van der Waals surface area contributed by atoms with Gasteiger partial charge < -0.3 is 14.7 Å². The fraction of sp³-hybridized carbons (Fsp3) is 0.467. The van der Waals surface area contributed by atoms with Gasteiger partial charge in [-0.3, -0.25) is 4.79 Å². The van der Waals surface area contributed by atoms with Crippen LogP contribution in [0.4, 0.5) is 0 Å². The van der Waals surface area contributed by atoms with Gasteiger partial charge in [-0.25, -0.2) is 13.2 Å². The Balaban J connectivity index is 1.95. The first-order chi connectivity index (χ1) is 10.8. The van der Waals surface area contributed by atoms with E-state index in [4.69, 9.17) is 4.74 Å². The average Bonchev–Trinajstić information content (AvgIpc) is 2.86. The number of phenols is 1. The molecule has 126 valence electrons. The number of ether oxygens (including phenoxy) is 1. The summed E-state index contributed by atoms with van der Waals surface area (Å²) in [5.74, 6) is -1.46.